The van der Waals surface area contributed by atoms with Crippen molar-refractivity contribution in [2.75, 3.05) is 0 Å². The van der Waals surface area contributed by atoms with Crippen LogP contribution in [-0.2, 0) is 6.42 Å². The van der Waals surface area contributed by atoms with E-state index >= 15 is 0 Å². The van der Waals surface area contributed by atoms with Crippen LogP contribution in [0, 0.1) is 17.8 Å². The first-order valence-corrected chi connectivity index (χ1v) is 7.74. The van der Waals surface area contributed by atoms with E-state index < -0.39 is 0 Å². The van der Waals surface area contributed by atoms with Crippen molar-refractivity contribution in [3.63, 3.8) is 0 Å². The molecule has 0 saturated heterocycles. The van der Waals surface area contributed by atoms with Gasteiger partial charge in [-0.3, -0.25) is 0 Å². The maximum atomic E-state index is 10.1. The fourth-order valence-corrected chi connectivity index (χ4v) is 5.19. The minimum absolute atomic E-state index is 0.0350. The van der Waals surface area contributed by atoms with Gasteiger partial charge < -0.3 is 10.2 Å². The Kier molecular flexibility index (Phi) is 2.63. The summed E-state index contributed by atoms with van der Waals surface area (Å²) >= 11 is 0. The molecule has 2 N–H and O–H groups in total. The molecule has 2 nitrogen and oxygen atoms in total. The highest BCUT2D eigenvalue weighted by atomic mass is 16.3. The van der Waals surface area contributed by atoms with E-state index in [2.05, 4.69) is 6.07 Å². The lowest BCUT2D eigenvalue weighted by Crippen LogP contribution is -2.36. The van der Waals surface area contributed by atoms with E-state index in [0.29, 0.717) is 17.6 Å². The molecular weight excluding hydrogens is 236 g/mol. The molecule has 0 amide bonds. The van der Waals surface area contributed by atoms with Crippen LogP contribution in [0.4, 0.5) is 0 Å². The predicted octanol–water partition coefficient (Wildman–Crippen LogP) is 3.22. The molecule has 0 radical (unpaired) electrons. The number of phenolic OH excluding ortho intramolecular Hbond substituents is 1. The molecule has 5 atom stereocenters. The number of hydrogen-bond donors (Lipinski definition) is 2. The molecule has 0 bridgehead atoms. The van der Waals surface area contributed by atoms with E-state index in [1.54, 1.807) is 0 Å². The number of benzene rings is 1. The maximum Gasteiger partial charge on any atom is 0.115 e. The van der Waals surface area contributed by atoms with Crippen LogP contribution in [0.3, 0.4) is 0 Å². The highest BCUT2D eigenvalue weighted by Gasteiger charge is 2.47. The van der Waals surface area contributed by atoms with Crippen molar-refractivity contribution in [1.82, 2.24) is 0 Å². The number of rotatable bonds is 0. The van der Waals surface area contributed by atoms with E-state index in [1.807, 2.05) is 12.1 Å². The Morgan fingerprint density at radius 3 is 2.63 bits per heavy atom. The second-order valence-corrected chi connectivity index (χ2v) is 6.74. The largest absolute Gasteiger partial charge is 0.508 e. The highest BCUT2D eigenvalue weighted by molar-refractivity contribution is 5.39. The van der Waals surface area contributed by atoms with Crippen LogP contribution in [0.1, 0.15) is 49.1 Å². The number of aliphatic hydroxyl groups is 1. The molecule has 2 saturated carbocycles. The summed E-state index contributed by atoms with van der Waals surface area (Å²) in [7, 11) is 0. The summed E-state index contributed by atoms with van der Waals surface area (Å²) in [5.74, 6) is 3.17. The molecule has 2 heteroatoms. The SMILES string of the molecule is Oc1ccc2c(c1)CCC1C2CC[C@H]2C1CC[C@@H]2O. The number of fused-ring (bicyclic) bond motifs is 5. The predicted molar refractivity (Wildman–Crippen MR) is 74.1 cm³/mol. The normalized spacial score (nSPS) is 40.4. The summed E-state index contributed by atoms with van der Waals surface area (Å²) in [5.41, 5.74) is 2.84. The summed E-state index contributed by atoms with van der Waals surface area (Å²) < 4.78 is 0. The molecule has 1 aromatic carbocycles. The zero-order valence-electron chi connectivity index (χ0n) is 11.3. The molecule has 1 aromatic rings. The fourth-order valence-electron chi connectivity index (χ4n) is 5.19. The number of aryl methyl sites for hydroxylation is 1. The van der Waals surface area contributed by atoms with Crippen molar-refractivity contribution in [1.29, 1.82) is 0 Å². The Morgan fingerprint density at radius 2 is 1.74 bits per heavy atom. The molecule has 19 heavy (non-hydrogen) atoms. The molecule has 0 spiro atoms. The van der Waals surface area contributed by atoms with Crippen LogP contribution in [0.25, 0.3) is 0 Å². The van der Waals surface area contributed by atoms with Gasteiger partial charge in [-0.2, -0.15) is 0 Å². The van der Waals surface area contributed by atoms with Crippen molar-refractivity contribution in [3.05, 3.63) is 29.3 Å². The van der Waals surface area contributed by atoms with Gasteiger partial charge >= 0.3 is 0 Å². The molecule has 0 aliphatic heterocycles. The minimum atomic E-state index is -0.0350. The van der Waals surface area contributed by atoms with Crippen molar-refractivity contribution < 1.29 is 10.2 Å². The minimum Gasteiger partial charge on any atom is -0.508 e. The lowest BCUT2D eigenvalue weighted by atomic mass is 9.61. The summed E-state index contributed by atoms with van der Waals surface area (Å²) in [6, 6.07) is 5.95. The standard InChI is InChI=1S/C17H22O2/c18-11-2-4-12-10(9-11)1-3-14-13(12)5-6-16-15(14)7-8-17(16)19/h2,4,9,13-19H,1,3,5-8H2/t13?,14?,15?,16-,17-/m0/s1. The van der Waals surface area contributed by atoms with Gasteiger partial charge in [-0.05, 0) is 85.5 Å². The average molecular weight is 258 g/mol. The van der Waals surface area contributed by atoms with Crippen LogP contribution >= 0.6 is 0 Å². The second kappa shape index (κ2) is 4.24. The molecule has 2 fully saturated rings. The molecule has 0 aromatic heterocycles. The van der Waals surface area contributed by atoms with Crippen LogP contribution in [0.15, 0.2) is 18.2 Å². The Balaban J connectivity index is 1.68. The van der Waals surface area contributed by atoms with Gasteiger partial charge in [-0.15, -0.1) is 0 Å². The summed E-state index contributed by atoms with van der Waals surface area (Å²) in [4.78, 5) is 0. The lowest BCUT2D eigenvalue weighted by Gasteiger charge is -2.44. The molecule has 3 aliphatic rings. The molecule has 0 heterocycles. The van der Waals surface area contributed by atoms with E-state index in [1.165, 1.54) is 36.8 Å². The Hall–Kier alpha value is -1.02. The van der Waals surface area contributed by atoms with E-state index in [9.17, 15) is 10.2 Å². The van der Waals surface area contributed by atoms with Gasteiger partial charge in [-0.1, -0.05) is 6.07 Å². The van der Waals surface area contributed by atoms with Crippen LogP contribution in [0.2, 0.25) is 0 Å². The monoisotopic (exact) mass is 258 g/mol. The maximum absolute atomic E-state index is 10.1. The van der Waals surface area contributed by atoms with Crippen LogP contribution < -0.4 is 0 Å². The van der Waals surface area contributed by atoms with E-state index in [-0.39, 0.29) is 6.10 Å². The van der Waals surface area contributed by atoms with Crippen LogP contribution in [0.5, 0.6) is 5.75 Å². The van der Waals surface area contributed by atoms with Crippen molar-refractivity contribution in [2.24, 2.45) is 17.8 Å². The van der Waals surface area contributed by atoms with Gasteiger partial charge in [0, 0.05) is 0 Å². The summed E-state index contributed by atoms with van der Waals surface area (Å²) in [5, 5.41) is 19.7. The zero-order chi connectivity index (χ0) is 13.0. The highest BCUT2D eigenvalue weighted by Crippen LogP contribution is 2.55. The van der Waals surface area contributed by atoms with Gasteiger partial charge in [0.2, 0.25) is 0 Å². The lowest BCUT2D eigenvalue weighted by molar-refractivity contribution is 0.0566. The van der Waals surface area contributed by atoms with Gasteiger partial charge in [0.1, 0.15) is 5.75 Å². The van der Waals surface area contributed by atoms with Crippen molar-refractivity contribution in [3.8, 4) is 5.75 Å². The summed E-state index contributed by atoms with van der Waals surface area (Å²) in [6.07, 6.45) is 6.96. The zero-order valence-corrected chi connectivity index (χ0v) is 11.3. The smallest absolute Gasteiger partial charge is 0.115 e. The Bertz CT molecular complexity index is 496. The van der Waals surface area contributed by atoms with E-state index in [0.717, 1.165) is 24.7 Å². The number of aromatic hydroxyl groups is 1. The third-order valence-corrected chi connectivity index (χ3v) is 5.99. The third kappa shape index (κ3) is 1.73. The number of phenols is 1. The molecular formula is C17H22O2. The van der Waals surface area contributed by atoms with Gasteiger partial charge in [0.05, 0.1) is 6.10 Å². The second-order valence-electron chi connectivity index (χ2n) is 6.74. The Labute approximate surface area is 114 Å². The molecule has 3 aliphatic carbocycles. The molecule has 3 unspecified atom stereocenters. The summed E-state index contributed by atoms with van der Waals surface area (Å²) in [6.45, 7) is 0. The van der Waals surface area contributed by atoms with Gasteiger partial charge in [-0.25, -0.2) is 0 Å². The van der Waals surface area contributed by atoms with Crippen molar-refractivity contribution in [2.45, 2.75) is 50.5 Å². The first kappa shape index (κ1) is 11.8. The third-order valence-electron chi connectivity index (χ3n) is 5.99. The van der Waals surface area contributed by atoms with E-state index in [4.69, 9.17) is 0 Å². The Morgan fingerprint density at radius 1 is 0.895 bits per heavy atom. The molecule has 4 rings (SSSR count). The van der Waals surface area contributed by atoms with Crippen LogP contribution in [-0.4, -0.2) is 16.3 Å². The fraction of sp³-hybridized carbons (Fsp3) is 0.647. The quantitative estimate of drug-likeness (QED) is 0.750. The first-order chi connectivity index (χ1) is 9.24. The first-order valence-electron chi connectivity index (χ1n) is 7.74. The number of aliphatic hydroxyl groups excluding tert-OH is 1. The van der Waals surface area contributed by atoms with Crippen molar-refractivity contribution >= 4 is 0 Å². The number of hydrogen-bond acceptors (Lipinski definition) is 2. The van der Waals surface area contributed by atoms with Gasteiger partial charge in [0.15, 0.2) is 0 Å². The average Bonchev–Trinajstić information content (AvgIpc) is 2.80. The van der Waals surface area contributed by atoms with Gasteiger partial charge in [0.25, 0.3) is 0 Å². The topological polar surface area (TPSA) is 40.5 Å². The molecule has 102 valence electrons.